The van der Waals surface area contributed by atoms with Gasteiger partial charge in [0, 0.05) is 5.56 Å². The lowest BCUT2D eigenvalue weighted by Crippen LogP contribution is -2.40. The van der Waals surface area contributed by atoms with E-state index in [0.717, 1.165) is 0 Å². The molecule has 0 aromatic heterocycles. The Bertz CT molecular complexity index is 1130. The van der Waals surface area contributed by atoms with Crippen molar-refractivity contribution in [3.8, 4) is 0 Å². The minimum absolute atomic E-state index is 0.184. The van der Waals surface area contributed by atoms with Crippen LogP contribution in [0.4, 0.5) is 4.39 Å². The lowest BCUT2D eigenvalue weighted by molar-refractivity contribution is -0.126. The third kappa shape index (κ3) is 3.42. The number of Topliss-reactive ketones (excluding diaryl/α,β-unsaturated/α-hetero) is 1. The molecule has 0 saturated carbocycles. The van der Waals surface area contributed by atoms with Crippen LogP contribution in [0.1, 0.15) is 11.1 Å². The van der Waals surface area contributed by atoms with Gasteiger partial charge in [0.25, 0.3) is 0 Å². The molecule has 1 aliphatic rings. The largest absolute Gasteiger partial charge is 0.467 e. The molecule has 1 aliphatic heterocycles. The predicted octanol–water partition coefficient (Wildman–Crippen LogP) is -0.585. The van der Waals surface area contributed by atoms with Gasteiger partial charge in [0.15, 0.2) is 13.3 Å². The van der Waals surface area contributed by atoms with Gasteiger partial charge < -0.3 is 14.7 Å². The summed E-state index contributed by atoms with van der Waals surface area (Å²) >= 11 is 5.80. The van der Waals surface area contributed by atoms with E-state index in [2.05, 4.69) is 0 Å². The zero-order valence-corrected chi connectivity index (χ0v) is 17.5. The molecule has 1 atom stereocenters. The van der Waals surface area contributed by atoms with Crippen molar-refractivity contribution in [2.45, 2.75) is 10.0 Å². The summed E-state index contributed by atoms with van der Waals surface area (Å²) in [6.07, 6.45) is 0. The van der Waals surface area contributed by atoms with Crippen molar-refractivity contribution in [1.82, 2.24) is 0 Å². The highest BCUT2D eigenvalue weighted by Crippen LogP contribution is 2.39. The number of halogens is 2. The molecule has 2 aromatic carbocycles. The number of ketones is 1. The Hall–Kier alpha value is -2.39. The first kappa shape index (κ1) is 21.3. The molecule has 0 spiro atoms. The minimum Gasteiger partial charge on any atom is -0.467 e. The Labute approximate surface area is 175 Å². The maximum absolute atomic E-state index is 14.5. The van der Waals surface area contributed by atoms with Gasteiger partial charge in [-0.1, -0.05) is 54.1 Å². The highest BCUT2D eigenvalue weighted by Gasteiger charge is 2.52. The Balaban J connectivity index is 1.97. The van der Waals surface area contributed by atoms with Gasteiger partial charge in [-0.15, -0.1) is 0 Å². The van der Waals surface area contributed by atoms with Gasteiger partial charge in [0.2, 0.25) is 17.4 Å². The standard InChI is InChI=1S/C17H16B3ClFNO5S/c18-16(10-7-4-8-11(21)12(10)22)14(24)13(15(23)27-16)28-29(25,26)17(19,20)9-5-2-1-3-6-9/h1-8H,18-20,23H2. The van der Waals surface area contributed by atoms with Crippen LogP contribution in [0.15, 0.2) is 60.2 Å². The molecule has 0 bridgehead atoms. The van der Waals surface area contributed by atoms with E-state index >= 15 is 0 Å². The van der Waals surface area contributed by atoms with Crippen LogP contribution in [-0.4, -0.2) is 37.7 Å². The van der Waals surface area contributed by atoms with E-state index in [0.29, 0.717) is 5.56 Å². The average Bonchev–Trinajstić information content (AvgIpc) is 2.88. The molecule has 0 fully saturated rings. The Morgan fingerprint density at radius 2 is 1.76 bits per heavy atom. The second kappa shape index (κ2) is 7.14. The molecule has 148 valence electrons. The summed E-state index contributed by atoms with van der Waals surface area (Å²) in [5, 5.41) is -0.217. The van der Waals surface area contributed by atoms with Crippen LogP contribution in [0.2, 0.25) is 5.02 Å². The second-order valence-corrected chi connectivity index (χ2v) is 9.68. The molecule has 0 amide bonds. The monoisotopic (exact) mass is 433 g/mol. The second-order valence-electron chi connectivity index (χ2n) is 7.17. The summed E-state index contributed by atoms with van der Waals surface area (Å²) < 4.78 is 49.4. The van der Waals surface area contributed by atoms with E-state index in [1.54, 1.807) is 30.3 Å². The van der Waals surface area contributed by atoms with Gasteiger partial charge in [-0.25, -0.2) is 4.39 Å². The summed E-state index contributed by atoms with van der Waals surface area (Å²) in [7, 11) is -0.235. The zero-order valence-electron chi connectivity index (χ0n) is 15.9. The Kier molecular flexibility index (Phi) is 5.25. The van der Waals surface area contributed by atoms with Crippen LogP contribution in [0, 0.1) is 5.82 Å². The molecule has 1 unspecified atom stereocenters. The normalized spacial score (nSPS) is 19.9. The molecule has 6 nitrogen and oxygen atoms in total. The number of carbonyl (C=O) groups excluding carboxylic acids is 1. The van der Waals surface area contributed by atoms with Crippen molar-refractivity contribution >= 4 is 51.0 Å². The van der Waals surface area contributed by atoms with Gasteiger partial charge >= 0.3 is 10.1 Å². The van der Waals surface area contributed by atoms with E-state index < -0.39 is 43.4 Å². The lowest BCUT2D eigenvalue weighted by Gasteiger charge is -2.26. The smallest absolute Gasteiger partial charge is 0.304 e. The summed E-state index contributed by atoms with van der Waals surface area (Å²) in [6.45, 7) is 0. The summed E-state index contributed by atoms with van der Waals surface area (Å²) in [4.78, 5) is 13.0. The maximum Gasteiger partial charge on any atom is 0.304 e. The summed E-state index contributed by atoms with van der Waals surface area (Å²) in [5.41, 5.74) is 4.10. The predicted molar refractivity (Wildman–Crippen MR) is 114 cm³/mol. The van der Waals surface area contributed by atoms with Gasteiger partial charge in [0.1, 0.15) is 21.5 Å². The van der Waals surface area contributed by atoms with Crippen molar-refractivity contribution in [3.63, 3.8) is 0 Å². The first-order valence-corrected chi connectivity index (χ1v) is 10.4. The number of carbonyl (C=O) groups is 1. The molecule has 0 aliphatic carbocycles. The van der Waals surface area contributed by atoms with E-state index in [1.807, 2.05) is 0 Å². The molecule has 0 radical (unpaired) electrons. The van der Waals surface area contributed by atoms with Crippen LogP contribution in [0.25, 0.3) is 0 Å². The maximum atomic E-state index is 14.5. The topological polar surface area (TPSA) is 95.7 Å². The molecular formula is C17H16B3ClFNO5S. The molecular weight excluding hydrogens is 417 g/mol. The SMILES string of the molecule is BC1(c2cccc(Cl)c2F)OC(N)=C(OS(=O)(=O)C(B)(B)c2ccccc2)C1=O. The number of benzene rings is 2. The first-order valence-electron chi connectivity index (χ1n) is 8.59. The zero-order chi connectivity index (χ0) is 21.6. The van der Waals surface area contributed by atoms with E-state index in [9.17, 15) is 17.6 Å². The van der Waals surface area contributed by atoms with Crippen LogP contribution < -0.4 is 5.73 Å². The Morgan fingerprint density at radius 1 is 1.14 bits per heavy atom. The lowest BCUT2D eigenvalue weighted by atomic mass is 9.65. The van der Waals surface area contributed by atoms with Crippen molar-refractivity contribution in [3.05, 3.63) is 82.1 Å². The fraction of sp³-hybridized carbons (Fsp3) is 0.118. The van der Waals surface area contributed by atoms with Gasteiger partial charge in [-0.2, -0.15) is 8.42 Å². The summed E-state index contributed by atoms with van der Waals surface area (Å²) in [5.74, 6) is -3.05. The fourth-order valence-corrected chi connectivity index (χ4v) is 4.15. The first-order chi connectivity index (χ1) is 13.4. The molecule has 1 heterocycles. The van der Waals surface area contributed by atoms with Crippen LogP contribution >= 0.6 is 11.6 Å². The summed E-state index contributed by atoms with van der Waals surface area (Å²) in [6, 6.07) is 12.4. The van der Waals surface area contributed by atoms with Gasteiger partial charge in [-0.05, 0) is 11.6 Å². The Morgan fingerprint density at radius 3 is 2.38 bits per heavy atom. The molecule has 3 rings (SSSR count). The third-order valence-corrected chi connectivity index (χ3v) is 7.09. The quantitative estimate of drug-likeness (QED) is 0.501. The highest BCUT2D eigenvalue weighted by atomic mass is 35.5. The molecule has 29 heavy (non-hydrogen) atoms. The van der Waals surface area contributed by atoms with Crippen LogP contribution in [-0.2, 0) is 33.9 Å². The van der Waals surface area contributed by atoms with Crippen molar-refractivity contribution in [2.75, 3.05) is 0 Å². The number of nitrogens with two attached hydrogens (primary N) is 1. The van der Waals surface area contributed by atoms with Gasteiger partial charge in [-0.3, -0.25) is 4.79 Å². The molecule has 2 N–H and O–H groups in total. The molecule has 2 aromatic rings. The van der Waals surface area contributed by atoms with E-state index in [-0.39, 0.29) is 10.6 Å². The minimum atomic E-state index is -4.37. The van der Waals surface area contributed by atoms with Gasteiger partial charge in [0.05, 0.1) is 9.57 Å². The third-order valence-electron chi connectivity index (χ3n) is 4.93. The van der Waals surface area contributed by atoms with Crippen LogP contribution in [0.5, 0.6) is 0 Å². The molecule has 0 saturated heterocycles. The number of ether oxygens (including phenoxy) is 1. The van der Waals surface area contributed by atoms with Crippen molar-refractivity contribution < 1.29 is 26.5 Å². The number of hydrogen-bond donors (Lipinski definition) is 1. The van der Waals surface area contributed by atoms with E-state index in [4.69, 9.17) is 26.3 Å². The van der Waals surface area contributed by atoms with Crippen molar-refractivity contribution in [1.29, 1.82) is 0 Å². The average molecular weight is 433 g/mol. The fourth-order valence-electron chi connectivity index (χ4n) is 2.97. The van der Waals surface area contributed by atoms with Crippen molar-refractivity contribution in [2.24, 2.45) is 5.73 Å². The van der Waals surface area contributed by atoms with E-state index in [1.165, 1.54) is 41.7 Å². The number of rotatable bonds is 5. The molecule has 12 heteroatoms. The van der Waals surface area contributed by atoms with Crippen LogP contribution in [0.3, 0.4) is 0 Å². The number of hydrogen-bond acceptors (Lipinski definition) is 6. The highest BCUT2D eigenvalue weighted by molar-refractivity contribution is 7.90.